The quantitative estimate of drug-likeness (QED) is 0.671. The molecule has 0 aromatic carbocycles. The van der Waals surface area contributed by atoms with Crippen LogP contribution in [0.4, 0.5) is 0 Å². The second kappa shape index (κ2) is 5.12. The van der Waals surface area contributed by atoms with Gasteiger partial charge >= 0.3 is 0 Å². The molecule has 0 unspecified atom stereocenters. The van der Waals surface area contributed by atoms with Crippen LogP contribution in [0.5, 0.6) is 0 Å². The Bertz CT molecular complexity index is 110. The first-order valence-electron chi connectivity index (χ1n) is 4.19. The van der Waals surface area contributed by atoms with Crippen LogP contribution in [0.3, 0.4) is 0 Å². The predicted molar refractivity (Wildman–Crippen MR) is 50.3 cm³/mol. The molecule has 3 heteroatoms. The summed E-state index contributed by atoms with van der Waals surface area (Å²) in [6.45, 7) is 3.18. The van der Waals surface area contributed by atoms with Crippen molar-refractivity contribution in [3.8, 4) is 0 Å². The normalized spacial score (nSPS) is 27.3. The summed E-state index contributed by atoms with van der Waals surface area (Å²) < 4.78 is 5.61. The summed E-state index contributed by atoms with van der Waals surface area (Å²) in [7, 11) is 2.16. The van der Waals surface area contributed by atoms with Gasteiger partial charge in [-0.3, -0.25) is 0 Å². The summed E-state index contributed by atoms with van der Waals surface area (Å²) in [5.74, 6) is 0. The van der Waals surface area contributed by atoms with E-state index in [0.29, 0.717) is 6.10 Å². The third kappa shape index (κ3) is 3.54. The largest absolute Gasteiger partial charge is 0.376 e. The van der Waals surface area contributed by atoms with Gasteiger partial charge in [0.25, 0.3) is 0 Å². The molecule has 0 N–H and O–H groups in total. The number of likely N-dealkylation sites (N-methyl/N-ethyl adjacent to an activating group) is 1. The lowest BCUT2D eigenvalue weighted by Crippen LogP contribution is -2.37. The molecule has 1 heterocycles. The first-order valence-corrected chi connectivity index (χ1v) is 5.31. The van der Waals surface area contributed by atoms with Crippen molar-refractivity contribution in [3.05, 3.63) is 0 Å². The van der Waals surface area contributed by atoms with E-state index in [9.17, 15) is 0 Å². The van der Waals surface area contributed by atoms with E-state index in [0.717, 1.165) is 18.5 Å². The Hall–Kier alpha value is 0.400. The summed E-state index contributed by atoms with van der Waals surface area (Å²) in [6, 6.07) is 0. The fourth-order valence-corrected chi connectivity index (χ4v) is 1.65. The van der Waals surface area contributed by atoms with Crippen molar-refractivity contribution in [1.82, 2.24) is 4.90 Å². The molecule has 0 radical (unpaired) electrons. The van der Waals surface area contributed by atoms with Crippen molar-refractivity contribution in [3.63, 3.8) is 0 Å². The van der Waals surface area contributed by atoms with E-state index in [1.165, 1.54) is 19.4 Å². The zero-order valence-electron chi connectivity index (χ0n) is 7.05. The van der Waals surface area contributed by atoms with Gasteiger partial charge < -0.3 is 9.64 Å². The minimum atomic E-state index is 0.478. The van der Waals surface area contributed by atoms with Gasteiger partial charge in [-0.15, -0.1) is 0 Å². The number of likely N-dealkylation sites (tertiary alicyclic amines) is 1. The first-order chi connectivity index (χ1) is 5.33. The first kappa shape index (κ1) is 9.49. The van der Waals surface area contributed by atoms with Crippen LogP contribution >= 0.6 is 15.9 Å². The van der Waals surface area contributed by atoms with Gasteiger partial charge in [0.1, 0.15) is 0 Å². The molecule has 66 valence electrons. The maximum absolute atomic E-state index is 5.61. The van der Waals surface area contributed by atoms with Crippen molar-refractivity contribution < 1.29 is 4.74 Å². The molecule has 0 aliphatic carbocycles. The fourth-order valence-electron chi connectivity index (χ4n) is 1.47. The molecule has 1 atom stereocenters. The van der Waals surface area contributed by atoms with Crippen LogP contribution in [-0.4, -0.2) is 43.1 Å². The Morgan fingerprint density at radius 1 is 1.64 bits per heavy atom. The smallest absolute Gasteiger partial charge is 0.0702 e. The van der Waals surface area contributed by atoms with Crippen molar-refractivity contribution in [2.24, 2.45) is 0 Å². The van der Waals surface area contributed by atoms with E-state index >= 15 is 0 Å². The van der Waals surface area contributed by atoms with Gasteiger partial charge in [0, 0.05) is 11.9 Å². The minimum absolute atomic E-state index is 0.478. The lowest BCUT2D eigenvalue weighted by molar-refractivity contribution is 0.0150. The van der Waals surface area contributed by atoms with Gasteiger partial charge in [0.2, 0.25) is 0 Å². The highest BCUT2D eigenvalue weighted by molar-refractivity contribution is 9.09. The number of alkyl halides is 1. The molecule has 0 saturated carbocycles. The summed E-state index contributed by atoms with van der Waals surface area (Å²) in [4.78, 5) is 2.34. The molecule has 1 aliphatic rings. The van der Waals surface area contributed by atoms with Crippen LogP contribution in [-0.2, 0) is 4.74 Å². The number of hydrogen-bond donors (Lipinski definition) is 0. The summed E-state index contributed by atoms with van der Waals surface area (Å²) >= 11 is 3.35. The molecule has 0 amide bonds. The molecular formula is C8H16BrNO. The highest BCUT2D eigenvalue weighted by Gasteiger charge is 2.16. The molecule has 2 nitrogen and oxygen atoms in total. The van der Waals surface area contributed by atoms with E-state index in [1.54, 1.807) is 0 Å². The highest BCUT2D eigenvalue weighted by Crippen LogP contribution is 2.11. The van der Waals surface area contributed by atoms with Crippen molar-refractivity contribution >= 4 is 15.9 Å². The van der Waals surface area contributed by atoms with Gasteiger partial charge in [0.05, 0.1) is 12.7 Å². The van der Waals surface area contributed by atoms with Gasteiger partial charge in [-0.1, -0.05) is 15.9 Å². The number of rotatable bonds is 3. The van der Waals surface area contributed by atoms with Gasteiger partial charge in [-0.2, -0.15) is 0 Å². The molecule has 1 fully saturated rings. The molecule has 1 rings (SSSR count). The average molecular weight is 222 g/mol. The highest BCUT2D eigenvalue weighted by atomic mass is 79.9. The molecular weight excluding hydrogens is 206 g/mol. The van der Waals surface area contributed by atoms with Crippen LogP contribution in [0.1, 0.15) is 12.8 Å². The number of hydrogen-bond acceptors (Lipinski definition) is 2. The number of halogens is 1. The topological polar surface area (TPSA) is 12.5 Å². The third-order valence-corrected chi connectivity index (χ3v) is 2.34. The molecule has 11 heavy (non-hydrogen) atoms. The average Bonchev–Trinajstić information content (AvgIpc) is 2.01. The van der Waals surface area contributed by atoms with Crippen molar-refractivity contribution in [2.75, 3.05) is 32.1 Å². The van der Waals surface area contributed by atoms with Crippen LogP contribution in [0.15, 0.2) is 0 Å². The second-order valence-electron chi connectivity index (χ2n) is 3.09. The van der Waals surface area contributed by atoms with Gasteiger partial charge in [-0.05, 0) is 26.4 Å². The van der Waals surface area contributed by atoms with Crippen LogP contribution in [0.25, 0.3) is 0 Å². The SMILES string of the molecule is CN1CCC[C@H](OCCBr)C1. The monoisotopic (exact) mass is 221 g/mol. The Kier molecular flexibility index (Phi) is 4.41. The summed E-state index contributed by atoms with van der Waals surface area (Å²) in [5, 5.41) is 0.952. The fraction of sp³-hybridized carbons (Fsp3) is 1.00. The van der Waals surface area contributed by atoms with Crippen molar-refractivity contribution in [1.29, 1.82) is 0 Å². The van der Waals surface area contributed by atoms with E-state index in [1.807, 2.05) is 0 Å². The van der Waals surface area contributed by atoms with Gasteiger partial charge in [-0.25, -0.2) is 0 Å². The Balaban J connectivity index is 2.12. The zero-order chi connectivity index (χ0) is 8.10. The lowest BCUT2D eigenvalue weighted by atomic mass is 10.1. The summed E-state index contributed by atoms with van der Waals surface area (Å²) in [6.07, 6.45) is 2.99. The lowest BCUT2D eigenvalue weighted by Gasteiger charge is -2.29. The molecule has 0 aromatic rings. The molecule has 0 spiro atoms. The maximum Gasteiger partial charge on any atom is 0.0702 e. The number of ether oxygens (including phenoxy) is 1. The molecule has 0 aromatic heterocycles. The van der Waals surface area contributed by atoms with E-state index < -0.39 is 0 Å². The summed E-state index contributed by atoms with van der Waals surface area (Å²) in [5.41, 5.74) is 0. The Morgan fingerprint density at radius 3 is 3.09 bits per heavy atom. The second-order valence-corrected chi connectivity index (χ2v) is 3.88. The van der Waals surface area contributed by atoms with Crippen LogP contribution in [0.2, 0.25) is 0 Å². The zero-order valence-corrected chi connectivity index (χ0v) is 8.64. The van der Waals surface area contributed by atoms with E-state index in [4.69, 9.17) is 4.74 Å². The Labute approximate surface area is 77.0 Å². The van der Waals surface area contributed by atoms with E-state index in [-0.39, 0.29) is 0 Å². The number of nitrogens with zero attached hydrogens (tertiary/aromatic N) is 1. The van der Waals surface area contributed by atoms with Crippen LogP contribution in [0, 0.1) is 0 Å². The van der Waals surface area contributed by atoms with Crippen molar-refractivity contribution in [2.45, 2.75) is 18.9 Å². The predicted octanol–water partition coefficient (Wildman–Crippen LogP) is 1.49. The standard InChI is InChI=1S/C8H16BrNO/c1-10-5-2-3-8(7-10)11-6-4-9/h8H,2-7H2,1H3/t8-/m0/s1. The third-order valence-electron chi connectivity index (χ3n) is 2.01. The van der Waals surface area contributed by atoms with Gasteiger partial charge in [0.15, 0.2) is 0 Å². The maximum atomic E-state index is 5.61. The molecule has 1 aliphatic heterocycles. The van der Waals surface area contributed by atoms with Crippen LogP contribution < -0.4 is 0 Å². The van der Waals surface area contributed by atoms with E-state index in [2.05, 4.69) is 27.9 Å². The number of piperidine rings is 1. The molecule has 1 saturated heterocycles. The minimum Gasteiger partial charge on any atom is -0.376 e. The molecule has 0 bridgehead atoms. The Morgan fingerprint density at radius 2 is 2.45 bits per heavy atom.